The fourth-order valence-corrected chi connectivity index (χ4v) is 1.79. The Kier molecular flexibility index (Phi) is 3.94. The van der Waals surface area contributed by atoms with Gasteiger partial charge in [0.15, 0.2) is 0 Å². The molecule has 0 bridgehead atoms. The normalized spacial score (nSPS) is 10.8. The molecule has 2 rings (SSSR count). The number of H-pyrrole nitrogens is 1. The van der Waals surface area contributed by atoms with Crippen LogP contribution in [0.25, 0.3) is 11.0 Å². The second-order valence-corrected chi connectivity index (χ2v) is 4.21. The molecule has 0 unspecified atom stereocenters. The summed E-state index contributed by atoms with van der Waals surface area (Å²) in [6.45, 7) is 2.58. The third-order valence-corrected chi connectivity index (χ3v) is 2.76. The van der Waals surface area contributed by atoms with Crippen LogP contribution in [0.2, 0.25) is 0 Å². The Labute approximate surface area is 106 Å². The Balaban J connectivity index is 2.11. The molecule has 0 spiro atoms. The molecule has 1 amide bonds. The second-order valence-electron chi connectivity index (χ2n) is 4.21. The van der Waals surface area contributed by atoms with E-state index in [0.717, 1.165) is 29.0 Å². The van der Waals surface area contributed by atoms with E-state index in [1.807, 2.05) is 25.1 Å². The van der Waals surface area contributed by atoms with Crippen molar-refractivity contribution in [3.63, 3.8) is 0 Å². The van der Waals surface area contributed by atoms with E-state index in [9.17, 15) is 4.79 Å². The number of nitrogens with zero attached hydrogens (tertiary/aromatic N) is 1. The lowest BCUT2D eigenvalue weighted by atomic mass is 10.2. The number of aromatic amines is 1. The maximum atomic E-state index is 11.6. The fraction of sp³-hybridized carbons (Fsp3) is 0.385. The number of benzene rings is 1. The van der Waals surface area contributed by atoms with Gasteiger partial charge in [0.25, 0.3) is 0 Å². The van der Waals surface area contributed by atoms with Crippen LogP contribution in [0.4, 0.5) is 5.69 Å². The maximum Gasteiger partial charge on any atom is 0.224 e. The van der Waals surface area contributed by atoms with Gasteiger partial charge in [0, 0.05) is 18.5 Å². The van der Waals surface area contributed by atoms with E-state index in [-0.39, 0.29) is 5.91 Å². The standard InChI is InChI=1S/C13H18N4O/c1-2-12-16-10-6-5-9(8-11(10)17-12)15-13(18)4-3-7-14/h5-6,8H,2-4,7,14H2,1H3,(H,15,18)(H,16,17). The van der Waals surface area contributed by atoms with Gasteiger partial charge >= 0.3 is 0 Å². The van der Waals surface area contributed by atoms with Crippen LogP contribution in [0, 0.1) is 0 Å². The highest BCUT2D eigenvalue weighted by molar-refractivity contribution is 5.93. The van der Waals surface area contributed by atoms with E-state index in [0.29, 0.717) is 19.4 Å². The van der Waals surface area contributed by atoms with Gasteiger partial charge in [-0.3, -0.25) is 4.79 Å². The molecule has 0 atom stereocenters. The Morgan fingerprint density at radius 1 is 1.50 bits per heavy atom. The summed E-state index contributed by atoms with van der Waals surface area (Å²) in [6.07, 6.45) is 2.03. The molecule has 4 N–H and O–H groups in total. The van der Waals surface area contributed by atoms with Gasteiger partial charge < -0.3 is 16.0 Å². The number of rotatable bonds is 5. The molecule has 5 heteroatoms. The number of anilines is 1. The summed E-state index contributed by atoms with van der Waals surface area (Å²) in [6, 6.07) is 5.67. The number of imidazole rings is 1. The molecule has 0 aliphatic heterocycles. The van der Waals surface area contributed by atoms with Crippen LogP contribution in [-0.4, -0.2) is 22.4 Å². The first-order valence-corrected chi connectivity index (χ1v) is 6.21. The van der Waals surface area contributed by atoms with Gasteiger partial charge in [0.1, 0.15) is 5.82 Å². The minimum absolute atomic E-state index is 0.00460. The zero-order chi connectivity index (χ0) is 13.0. The van der Waals surface area contributed by atoms with Crippen LogP contribution in [0.1, 0.15) is 25.6 Å². The first-order valence-electron chi connectivity index (χ1n) is 6.21. The van der Waals surface area contributed by atoms with Crippen molar-refractivity contribution in [2.24, 2.45) is 5.73 Å². The SMILES string of the molecule is CCc1nc2ccc(NC(=O)CCCN)cc2[nH]1. The number of aromatic nitrogens is 2. The lowest BCUT2D eigenvalue weighted by Crippen LogP contribution is -2.13. The van der Waals surface area contributed by atoms with E-state index in [1.54, 1.807) is 0 Å². The molecule has 0 fully saturated rings. The quantitative estimate of drug-likeness (QED) is 0.752. The van der Waals surface area contributed by atoms with Gasteiger partial charge in [-0.15, -0.1) is 0 Å². The first kappa shape index (κ1) is 12.6. The Bertz CT molecular complexity index is 547. The topological polar surface area (TPSA) is 83.8 Å². The van der Waals surface area contributed by atoms with Crippen molar-refractivity contribution in [1.82, 2.24) is 9.97 Å². The van der Waals surface area contributed by atoms with E-state index < -0.39 is 0 Å². The molecule has 2 aromatic rings. The monoisotopic (exact) mass is 246 g/mol. The average molecular weight is 246 g/mol. The van der Waals surface area contributed by atoms with E-state index >= 15 is 0 Å². The summed E-state index contributed by atoms with van der Waals surface area (Å²) in [5.41, 5.74) is 8.03. The van der Waals surface area contributed by atoms with Crippen molar-refractivity contribution in [2.45, 2.75) is 26.2 Å². The Hall–Kier alpha value is -1.88. The summed E-state index contributed by atoms with van der Waals surface area (Å²) in [7, 11) is 0. The van der Waals surface area contributed by atoms with Crippen LogP contribution in [-0.2, 0) is 11.2 Å². The van der Waals surface area contributed by atoms with Gasteiger partial charge in [-0.1, -0.05) is 6.92 Å². The Morgan fingerprint density at radius 3 is 3.06 bits per heavy atom. The van der Waals surface area contributed by atoms with Crippen LogP contribution in [0.3, 0.4) is 0 Å². The minimum Gasteiger partial charge on any atom is -0.342 e. The van der Waals surface area contributed by atoms with Crippen molar-refractivity contribution < 1.29 is 4.79 Å². The van der Waals surface area contributed by atoms with Crippen molar-refractivity contribution in [2.75, 3.05) is 11.9 Å². The number of amides is 1. The van der Waals surface area contributed by atoms with E-state index in [1.165, 1.54) is 0 Å². The smallest absolute Gasteiger partial charge is 0.224 e. The van der Waals surface area contributed by atoms with Crippen molar-refractivity contribution in [3.8, 4) is 0 Å². The van der Waals surface area contributed by atoms with Crippen LogP contribution >= 0.6 is 0 Å². The van der Waals surface area contributed by atoms with Crippen LogP contribution < -0.4 is 11.1 Å². The molecule has 0 aliphatic rings. The summed E-state index contributed by atoms with van der Waals surface area (Å²) in [5.74, 6) is 0.951. The lowest BCUT2D eigenvalue weighted by Gasteiger charge is -2.04. The van der Waals surface area contributed by atoms with Crippen LogP contribution in [0.5, 0.6) is 0 Å². The molecule has 5 nitrogen and oxygen atoms in total. The van der Waals surface area contributed by atoms with Gasteiger partial charge in [-0.2, -0.15) is 0 Å². The molecule has 96 valence electrons. The molecular formula is C13H18N4O. The summed E-state index contributed by atoms with van der Waals surface area (Å²) in [4.78, 5) is 19.2. The average Bonchev–Trinajstić information content (AvgIpc) is 2.78. The summed E-state index contributed by atoms with van der Waals surface area (Å²) >= 11 is 0. The van der Waals surface area contributed by atoms with Crippen LogP contribution in [0.15, 0.2) is 18.2 Å². The highest BCUT2D eigenvalue weighted by atomic mass is 16.1. The number of fused-ring (bicyclic) bond motifs is 1. The predicted octanol–water partition coefficient (Wildman–Crippen LogP) is 1.80. The number of nitrogens with one attached hydrogen (secondary N) is 2. The molecule has 1 aromatic heterocycles. The summed E-state index contributed by atoms with van der Waals surface area (Å²) < 4.78 is 0. The molecule has 0 saturated heterocycles. The molecule has 0 aliphatic carbocycles. The van der Waals surface area contributed by atoms with Gasteiger partial charge in [-0.05, 0) is 31.2 Å². The van der Waals surface area contributed by atoms with Crippen molar-refractivity contribution >= 4 is 22.6 Å². The van der Waals surface area contributed by atoms with Crippen molar-refractivity contribution in [3.05, 3.63) is 24.0 Å². The van der Waals surface area contributed by atoms with Gasteiger partial charge in [0.05, 0.1) is 11.0 Å². The molecular weight excluding hydrogens is 228 g/mol. The highest BCUT2D eigenvalue weighted by Crippen LogP contribution is 2.17. The highest BCUT2D eigenvalue weighted by Gasteiger charge is 2.05. The molecule has 0 radical (unpaired) electrons. The van der Waals surface area contributed by atoms with E-state index in [4.69, 9.17) is 5.73 Å². The fourth-order valence-electron chi connectivity index (χ4n) is 1.79. The van der Waals surface area contributed by atoms with E-state index in [2.05, 4.69) is 15.3 Å². The molecule has 1 heterocycles. The predicted molar refractivity (Wildman–Crippen MR) is 72.4 cm³/mol. The summed E-state index contributed by atoms with van der Waals surface area (Å²) in [5, 5.41) is 2.85. The number of hydrogen-bond donors (Lipinski definition) is 3. The zero-order valence-corrected chi connectivity index (χ0v) is 10.5. The number of carbonyl (C=O) groups is 1. The zero-order valence-electron chi connectivity index (χ0n) is 10.5. The lowest BCUT2D eigenvalue weighted by molar-refractivity contribution is -0.116. The first-order chi connectivity index (χ1) is 8.72. The third kappa shape index (κ3) is 2.87. The van der Waals surface area contributed by atoms with Gasteiger partial charge in [0.2, 0.25) is 5.91 Å². The number of hydrogen-bond acceptors (Lipinski definition) is 3. The maximum absolute atomic E-state index is 11.6. The number of aryl methyl sites for hydroxylation is 1. The molecule has 0 saturated carbocycles. The second kappa shape index (κ2) is 5.64. The van der Waals surface area contributed by atoms with Gasteiger partial charge in [-0.25, -0.2) is 4.98 Å². The Morgan fingerprint density at radius 2 is 2.33 bits per heavy atom. The molecule has 18 heavy (non-hydrogen) atoms. The largest absolute Gasteiger partial charge is 0.342 e. The number of nitrogens with two attached hydrogens (primary N) is 1. The minimum atomic E-state index is -0.00460. The van der Waals surface area contributed by atoms with Crippen molar-refractivity contribution in [1.29, 1.82) is 0 Å². The molecule has 1 aromatic carbocycles. The number of carbonyl (C=O) groups excluding carboxylic acids is 1. The third-order valence-electron chi connectivity index (χ3n) is 2.76.